The zero-order chi connectivity index (χ0) is 27.3. The zero-order valence-corrected chi connectivity index (χ0v) is 23.5. The van der Waals surface area contributed by atoms with Gasteiger partial charge in [0.05, 0.1) is 4.90 Å². The number of anilines is 3. The highest BCUT2D eigenvalue weighted by Gasteiger charge is 2.25. The number of sulfonamides is 1. The molecule has 1 aliphatic rings. The largest absolute Gasteiger partial charge is 0.368 e. The number of nitrogens with one attached hydrogen (secondary N) is 1. The summed E-state index contributed by atoms with van der Waals surface area (Å²) in [5.74, 6) is 0.735. The van der Waals surface area contributed by atoms with Gasteiger partial charge >= 0.3 is 0 Å². The first kappa shape index (κ1) is 27.4. The van der Waals surface area contributed by atoms with Crippen molar-refractivity contribution in [3.05, 3.63) is 77.5 Å². The molecule has 0 aliphatic carbocycles. The number of pyridine rings is 1. The Morgan fingerprint density at radius 3 is 2.37 bits per heavy atom. The molecule has 4 rings (SSSR count). The summed E-state index contributed by atoms with van der Waals surface area (Å²) in [5.41, 5.74) is 3.92. The Morgan fingerprint density at radius 2 is 1.71 bits per heavy atom. The van der Waals surface area contributed by atoms with Gasteiger partial charge in [-0.25, -0.2) is 13.4 Å². The smallest absolute Gasteiger partial charge is 0.261 e. The second kappa shape index (κ2) is 11.9. The van der Waals surface area contributed by atoms with Gasteiger partial charge in [-0.1, -0.05) is 31.5 Å². The van der Waals surface area contributed by atoms with Gasteiger partial charge < -0.3 is 14.7 Å². The van der Waals surface area contributed by atoms with E-state index in [1.54, 1.807) is 35.4 Å². The second-order valence-electron chi connectivity index (χ2n) is 9.93. The maximum Gasteiger partial charge on any atom is 0.261 e. The molecule has 0 radical (unpaired) electrons. The van der Waals surface area contributed by atoms with E-state index < -0.39 is 10.0 Å². The first-order chi connectivity index (χ1) is 18.2. The van der Waals surface area contributed by atoms with Crippen LogP contribution in [0.15, 0.2) is 65.7 Å². The van der Waals surface area contributed by atoms with Crippen LogP contribution in [0.3, 0.4) is 0 Å². The average Bonchev–Trinajstić information content (AvgIpc) is 2.92. The fourth-order valence-electron chi connectivity index (χ4n) is 4.52. The molecule has 3 aromatic rings. The molecule has 1 N–H and O–H groups in total. The molecule has 1 aliphatic heterocycles. The molecule has 0 bridgehead atoms. The number of carbonyl (C=O) groups excluding carboxylic acids is 1. The molecule has 38 heavy (non-hydrogen) atoms. The van der Waals surface area contributed by atoms with Crippen molar-refractivity contribution < 1.29 is 13.2 Å². The molecule has 1 amide bonds. The SMILES string of the molecule is CCCCc1ccc(NS(=O)(=O)c2ccc(C)c(C(=O)N3CCN(c4ccnc(N(C)C)c4)CC3)c2)cc1. The summed E-state index contributed by atoms with van der Waals surface area (Å²) in [7, 11) is 0.0734. The zero-order valence-electron chi connectivity index (χ0n) is 22.6. The summed E-state index contributed by atoms with van der Waals surface area (Å²) < 4.78 is 28.9. The van der Waals surface area contributed by atoms with Crippen LogP contribution in [0.4, 0.5) is 17.2 Å². The number of nitrogens with zero attached hydrogens (tertiary/aromatic N) is 4. The van der Waals surface area contributed by atoms with E-state index in [0.717, 1.165) is 36.3 Å². The van der Waals surface area contributed by atoms with Crippen LogP contribution < -0.4 is 14.5 Å². The molecule has 0 atom stereocenters. The number of carbonyl (C=O) groups is 1. The van der Waals surface area contributed by atoms with Crippen LogP contribution >= 0.6 is 0 Å². The summed E-state index contributed by atoms with van der Waals surface area (Å²) >= 11 is 0. The van der Waals surface area contributed by atoms with E-state index in [9.17, 15) is 13.2 Å². The van der Waals surface area contributed by atoms with Gasteiger partial charge in [-0.2, -0.15) is 0 Å². The van der Waals surface area contributed by atoms with E-state index in [2.05, 4.69) is 21.5 Å². The average molecular weight is 536 g/mol. The minimum absolute atomic E-state index is 0.0770. The van der Waals surface area contributed by atoms with Crippen LogP contribution in [-0.4, -0.2) is 64.5 Å². The van der Waals surface area contributed by atoms with Gasteiger partial charge in [0.2, 0.25) is 0 Å². The monoisotopic (exact) mass is 535 g/mol. The summed E-state index contributed by atoms with van der Waals surface area (Å²) in [6, 6.07) is 16.2. The Kier molecular flexibility index (Phi) is 8.56. The molecule has 8 nitrogen and oxygen atoms in total. The third-order valence-corrected chi connectivity index (χ3v) is 8.27. The number of hydrogen-bond acceptors (Lipinski definition) is 6. The molecule has 0 unspecified atom stereocenters. The predicted molar refractivity (Wildman–Crippen MR) is 154 cm³/mol. The number of aromatic nitrogens is 1. The van der Waals surface area contributed by atoms with Crippen molar-refractivity contribution in [2.45, 2.75) is 38.0 Å². The Morgan fingerprint density at radius 1 is 1.00 bits per heavy atom. The van der Waals surface area contributed by atoms with E-state index in [1.807, 2.05) is 50.2 Å². The second-order valence-corrected chi connectivity index (χ2v) is 11.6. The number of piperazine rings is 1. The first-order valence-corrected chi connectivity index (χ1v) is 14.6. The number of amides is 1. The van der Waals surface area contributed by atoms with Crippen LogP contribution in [0.5, 0.6) is 0 Å². The van der Waals surface area contributed by atoms with Gasteiger partial charge in [0, 0.05) is 69.5 Å². The lowest BCUT2D eigenvalue weighted by atomic mass is 10.1. The molecular formula is C29H37N5O3S. The van der Waals surface area contributed by atoms with Crippen molar-refractivity contribution >= 4 is 33.1 Å². The summed E-state index contributed by atoms with van der Waals surface area (Å²) in [5, 5.41) is 0. The van der Waals surface area contributed by atoms with Crippen LogP contribution in [0.1, 0.15) is 41.3 Å². The molecule has 2 aromatic carbocycles. The van der Waals surface area contributed by atoms with Crippen LogP contribution in [0, 0.1) is 6.92 Å². The Balaban J connectivity index is 1.44. The van der Waals surface area contributed by atoms with Gasteiger partial charge in [-0.15, -0.1) is 0 Å². The highest BCUT2D eigenvalue weighted by atomic mass is 32.2. The van der Waals surface area contributed by atoms with E-state index in [-0.39, 0.29) is 10.8 Å². The summed E-state index contributed by atoms with van der Waals surface area (Å²) in [4.78, 5) is 23.9. The highest BCUT2D eigenvalue weighted by molar-refractivity contribution is 7.92. The number of aryl methyl sites for hydroxylation is 2. The normalized spacial score (nSPS) is 13.9. The topological polar surface area (TPSA) is 85.8 Å². The molecule has 202 valence electrons. The van der Waals surface area contributed by atoms with Crippen LogP contribution in [-0.2, 0) is 16.4 Å². The predicted octanol–water partition coefficient (Wildman–Crippen LogP) is 4.56. The standard InChI is InChI=1S/C29H37N5O3S/c1-5-6-7-23-9-11-24(12-10-23)31-38(36,37)26-13-8-22(2)27(21-26)29(35)34-18-16-33(17-19-34)25-14-15-30-28(20-25)32(3)4/h8-15,20-21,31H,5-7,16-19H2,1-4H3. The number of hydrogen-bond donors (Lipinski definition) is 1. The lowest BCUT2D eigenvalue weighted by Crippen LogP contribution is -2.49. The molecule has 2 heterocycles. The van der Waals surface area contributed by atoms with E-state index >= 15 is 0 Å². The van der Waals surface area contributed by atoms with Crippen molar-refractivity contribution in [3.8, 4) is 0 Å². The van der Waals surface area contributed by atoms with Gasteiger partial charge in [0.25, 0.3) is 15.9 Å². The Bertz CT molecular complexity index is 1370. The van der Waals surface area contributed by atoms with Gasteiger partial charge in [-0.05, 0) is 61.2 Å². The molecule has 1 saturated heterocycles. The fraction of sp³-hybridized carbons (Fsp3) is 0.379. The minimum Gasteiger partial charge on any atom is -0.368 e. The van der Waals surface area contributed by atoms with Crippen LogP contribution in [0.2, 0.25) is 0 Å². The lowest BCUT2D eigenvalue weighted by molar-refractivity contribution is 0.0746. The van der Waals surface area contributed by atoms with E-state index in [1.165, 1.54) is 11.6 Å². The van der Waals surface area contributed by atoms with Crippen molar-refractivity contribution in [1.82, 2.24) is 9.88 Å². The van der Waals surface area contributed by atoms with Crippen molar-refractivity contribution in [3.63, 3.8) is 0 Å². The Hall–Kier alpha value is -3.59. The van der Waals surface area contributed by atoms with Gasteiger partial charge in [0.1, 0.15) is 5.82 Å². The number of unbranched alkanes of at least 4 members (excludes halogenated alkanes) is 1. The molecule has 1 aromatic heterocycles. The van der Waals surface area contributed by atoms with Gasteiger partial charge in [0.15, 0.2) is 0 Å². The fourth-order valence-corrected chi connectivity index (χ4v) is 5.60. The van der Waals surface area contributed by atoms with Crippen molar-refractivity contribution in [2.75, 3.05) is 54.8 Å². The lowest BCUT2D eigenvalue weighted by Gasteiger charge is -2.36. The summed E-state index contributed by atoms with van der Waals surface area (Å²) in [6.45, 7) is 6.47. The number of benzene rings is 2. The summed E-state index contributed by atoms with van der Waals surface area (Å²) in [6.07, 6.45) is 4.98. The molecule has 1 fully saturated rings. The third kappa shape index (κ3) is 6.45. The maximum absolute atomic E-state index is 13.4. The first-order valence-electron chi connectivity index (χ1n) is 13.1. The number of rotatable bonds is 9. The minimum atomic E-state index is -3.84. The molecule has 0 saturated carbocycles. The van der Waals surface area contributed by atoms with E-state index in [0.29, 0.717) is 37.4 Å². The van der Waals surface area contributed by atoms with E-state index in [4.69, 9.17) is 0 Å². The third-order valence-electron chi connectivity index (χ3n) is 6.89. The van der Waals surface area contributed by atoms with Crippen molar-refractivity contribution in [1.29, 1.82) is 0 Å². The quantitative estimate of drug-likeness (QED) is 0.432. The van der Waals surface area contributed by atoms with Gasteiger partial charge in [-0.3, -0.25) is 9.52 Å². The molecule has 9 heteroatoms. The molecule has 0 spiro atoms. The highest BCUT2D eigenvalue weighted by Crippen LogP contribution is 2.24. The maximum atomic E-state index is 13.4. The van der Waals surface area contributed by atoms with Crippen molar-refractivity contribution in [2.24, 2.45) is 0 Å². The molecular weight excluding hydrogens is 498 g/mol. The van der Waals surface area contributed by atoms with Crippen LogP contribution in [0.25, 0.3) is 0 Å². The Labute approximate surface area is 226 Å².